The summed E-state index contributed by atoms with van der Waals surface area (Å²) in [6, 6.07) is 6.99. The fourth-order valence-corrected chi connectivity index (χ4v) is 3.40. The number of aryl methyl sites for hydroxylation is 2. The molecule has 0 aromatic heterocycles. The van der Waals surface area contributed by atoms with Crippen LogP contribution in [0.25, 0.3) is 0 Å². The minimum absolute atomic E-state index is 0.545. The molecule has 0 unspecified atom stereocenters. The van der Waals surface area contributed by atoms with Crippen LogP contribution >= 0.6 is 12.2 Å². The van der Waals surface area contributed by atoms with Gasteiger partial charge in [0, 0.05) is 11.7 Å². The molecule has 3 heteroatoms. The Kier molecular flexibility index (Phi) is 5.41. The molecule has 2 N–H and O–H groups in total. The Morgan fingerprint density at radius 1 is 1.10 bits per heavy atom. The van der Waals surface area contributed by atoms with Gasteiger partial charge >= 0.3 is 0 Å². The van der Waals surface area contributed by atoms with Crippen LogP contribution in [0.2, 0.25) is 0 Å². The van der Waals surface area contributed by atoms with E-state index >= 15 is 0 Å². The molecule has 1 aliphatic rings. The molecule has 20 heavy (non-hydrogen) atoms. The first-order valence-electron chi connectivity index (χ1n) is 7.72. The van der Waals surface area contributed by atoms with E-state index in [-0.39, 0.29) is 0 Å². The summed E-state index contributed by atoms with van der Waals surface area (Å²) < 4.78 is 0. The third-order valence-electron chi connectivity index (χ3n) is 4.24. The van der Waals surface area contributed by atoms with Gasteiger partial charge in [-0.1, -0.05) is 19.4 Å². The molecule has 1 aromatic rings. The summed E-state index contributed by atoms with van der Waals surface area (Å²) >= 11 is 5.44. The standard InChI is InChI=1S/C17H26N2S/c1-4-14-5-7-15(8-6-14)18-17(20)19-16-10-12(2)9-13(3)11-16/h9-11,14-15H,4-8H2,1-3H3,(H2,18,19,20). The minimum Gasteiger partial charge on any atom is -0.360 e. The summed E-state index contributed by atoms with van der Waals surface area (Å²) in [5, 5.41) is 7.55. The van der Waals surface area contributed by atoms with Crippen molar-refractivity contribution in [2.75, 3.05) is 5.32 Å². The van der Waals surface area contributed by atoms with Gasteiger partial charge in [-0.3, -0.25) is 0 Å². The lowest BCUT2D eigenvalue weighted by atomic mass is 9.85. The quantitative estimate of drug-likeness (QED) is 0.798. The third kappa shape index (κ3) is 4.48. The Morgan fingerprint density at radius 3 is 2.25 bits per heavy atom. The van der Waals surface area contributed by atoms with Gasteiger partial charge in [0.1, 0.15) is 0 Å². The molecule has 0 spiro atoms. The predicted molar refractivity (Wildman–Crippen MR) is 91.3 cm³/mol. The lowest BCUT2D eigenvalue weighted by Gasteiger charge is -2.29. The van der Waals surface area contributed by atoms with Crippen LogP contribution in [-0.2, 0) is 0 Å². The maximum Gasteiger partial charge on any atom is 0.170 e. The molecule has 1 fully saturated rings. The Hall–Kier alpha value is -1.09. The van der Waals surface area contributed by atoms with Crippen LogP contribution < -0.4 is 10.6 Å². The Labute approximate surface area is 128 Å². The summed E-state index contributed by atoms with van der Waals surface area (Å²) in [6.45, 7) is 6.52. The maximum atomic E-state index is 5.44. The molecule has 0 aliphatic heterocycles. The zero-order valence-corrected chi connectivity index (χ0v) is 13.6. The SMILES string of the molecule is CCC1CCC(NC(=S)Nc2cc(C)cc(C)c2)CC1. The van der Waals surface area contributed by atoms with E-state index in [1.807, 2.05) is 0 Å². The molecule has 0 saturated heterocycles. The maximum absolute atomic E-state index is 5.44. The summed E-state index contributed by atoms with van der Waals surface area (Å²) in [4.78, 5) is 0. The number of thiocarbonyl (C=S) groups is 1. The Bertz CT molecular complexity index is 442. The van der Waals surface area contributed by atoms with Gasteiger partial charge in [0.05, 0.1) is 0 Å². The van der Waals surface area contributed by atoms with Gasteiger partial charge in [-0.15, -0.1) is 0 Å². The molecule has 0 heterocycles. The third-order valence-corrected chi connectivity index (χ3v) is 4.46. The van der Waals surface area contributed by atoms with E-state index in [1.54, 1.807) is 0 Å². The van der Waals surface area contributed by atoms with Crippen molar-refractivity contribution in [3.63, 3.8) is 0 Å². The van der Waals surface area contributed by atoms with Crippen LogP contribution in [0.3, 0.4) is 0 Å². The molecular formula is C17H26N2S. The molecule has 1 aliphatic carbocycles. The molecule has 0 atom stereocenters. The fraction of sp³-hybridized carbons (Fsp3) is 0.588. The molecule has 2 nitrogen and oxygen atoms in total. The molecule has 0 amide bonds. The van der Waals surface area contributed by atoms with Gasteiger partial charge in [0.2, 0.25) is 0 Å². The number of rotatable bonds is 3. The highest BCUT2D eigenvalue weighted by molar-refractivity contribution is 7.80. The van der Waals surface area contributed by atoms with E-state index < -0.39 is 0 Å². The van der Waals surface area contributed by atoms with Crippen molar-refractivity contribution >= 4 is 23.0 Å². The van der Waals surface area contributed by atoms with Crippen LogP contribution in [0.1, 0.15) is 50.2 Å². The second-order valence-corrected chi connectivity index (χ2v) is 6.51. The molecule has 1 saturated carbocycles. The normalized spacial score (nSPS) is 22.4. The van der Waals surface area contributed by atoms with Crippen LogP contribution in [0.5, 0.6) is 0 Å². The zero-order chi connectivity index (χ0) is 14.5. The largest absolute Gasteiger partial charge is 0.360 e. The lowest BCUT2D eigenvalue weighted by Crippen LogP contribution is -2.39. The molecule has 110 valence electrons. The fourth-order valence-electron chi connectivity index (χ4n) is 3.11. The average Bonchev–Trinajstić information content (AvgIpc) is 2.38. The zero-order valence-electron chi connectivity index (χ0n) is 12.8. The molecule has 0 bridgehead atoms. The number of hydrogen-bond acceptors (Lipinski definition) is 1. The van der Waals surface area contributed by atoms with Crippen molar-refractivity contribution in [1.82, 2.24) is 5.32 Å². The molecule has 2 rings (SSSR count). The van der Waals surface area contributed by atoms with Gasteiger partial charge in [0.15, 0.2) is 5.11 Å². The number of nitrogens with one attached hydrogen (secondary N) is 2. The van der Waals surface area contributed by atoms with Crippen molar-refractivity contribution in [3.05, 3.63) is 29.3 Å². The summed E-state index contributed by atoms with van der Waals surface area (Å²) in [7, 11) is 0. The van der Waals surface area contributed by atoms with E-state index in [0.717, 1.165) is 16.7 Å². The molecular weight excluding hydrogens is 264 g/mol. The highest BCUT2D eigenvalue weighted by atomic mass is 32.1. The van der Waals surface area contributed by atoms with Gasteiger partial charge in [-0.05, 0) is 80.9 Å². The number of anilines is 1. The van der Waals surface area contributed by atoms with E-state index in [0.29, 0.717) is 6.04 Å². The van der Waals surface area contributed by atoms with E-state index in [4.69, 9.17) is 12.2 Å². The smallest absolute Gasteiger partial charge is 0.170 e. The van der Waals surface area contributed by atoms with Crippen molar-refractivity contribution in [2.45, 2.75) is 58.9 Å². The van der Waals surface area contributed by atoms with Crippen LogP contribution in [0.15, 0.2) is 18.2 Å². The van der Waals surface area contributed by atoms with Crippen molar-refractivity contribution in [1.29, 1.82) is 0 Å². The summed E-state index contributed by atoms with van der Waals surface area (Å²) in [6.07, 6.45) is 6.47. The van der Waals surface area contributed by atoms with Crippen LogP contribution in [0.4, 0.5) is 5.69 Å². The highest BCUT2D eigenvalue weighted by Gasteiger charge is 2.20. The van der Waals surface area contributed by atoms with E-state index in [1.165, 1.54) is 43.2 Å². The van der Waals surface area contributed by atoms with E-state index in [2.05, 4.69) is 49.6 Å². The Morgan fingerprint density at radius 2 is 1.70 bits per heavy atom. The van der Waals surface area contributed by atoms with Crippen molar-refractivity contribution in [2.24, 2.45) is 5.92 Å². The van der Waals surface area contributed by atoms with Gasteiger partial charge < -0.3 is 10.6 Å². The van der Waals surface area contributed by atoms with Crippen molar-refractivity contribution in [3.8, 4) is 0 Å². The minimum atomic E-state index is 0.545. The van der Waals surface area contributed by atoms with Crippen LogP contribution in [0, 0.1) is 19.8 Å². The summed E-state index contributed by atoms with van der Waals surface area (Å²) in [5.74, 6) is 0.925. The second kappa shape index (κ2) is 7.07. The summed E-state index contributed by atoms with van der Waals surface area (Å²) in [5.41, 5.74) is 3.61. The molecule has 0 radical (unpaired) electrons. The van der Waals surface area contributed by atoms with Gasteiger partial charge in [0.25, 0.3) is 0 Å². The van der Waals surface area contributed by atoms with Gasteiger partial charge in [-0.25, -0.2) is 0 Å². The first kappa shape index (κ1) is 15.3. The highest BCUT2D eigenvalue weighted by Crippen LogP contribution is 2.26. The molecule has 1 aromatic carbocycles. The first-order chi connectivity index (χ1) is 9.56. The topological polar surface area (TPSA) is 24.1 Å². The first-order valence-corrected chi connectivity index (χ1v) is 8.13. The monoisotopic (exact) mass is 290 g/mol. The predicted octanol–water partition coefficient (Wildman–Crippen LogP) is 4.56. The average molecular weight is 290 g/mol. The van der Waals surface area contributed by atoms with E-state index in [9.17, 15) is 0 Å². The Balaban J connectivity index is 1.83. The number of benzene rings is 1. The van der Waals surface area contributed by atoms with Gasteiger partial charge in [-0.2, -0.15) is 0 Å². The number of hydrogen-bond donors (Lipinski definition) is 2. The lowest BCUT2D eigenvalue weighted by molar-refractivity contribution is 0.306. The van der Waals surface area contributed by atoms with Crippen LogP contribution in [-0.4, -0.2) is 11.2 Å². The van der Waals surface area contributed by atoms with Crippen molar-refractivity contribution < 1.29 is 0 Å². The second-order valence-electron chi connectivity index (χ2n) is 6.10.